The van der Waals surface area contributed by atoms with Crippen molar-refractivity contribution in [1.82, 2.24) is 10.2 Å². The van der Waals surface area contributed by atoms with Gasteiger partial charge in [0.1, 0.15) is 5.82 Å². The number of aromatic nitrogens is 2. The van der Waals surface area contributed by atoms with Gasteiger partial charge in [0.15, 0.2) is 0 Å². The summed E-state index contributed by atoms with van der Waals surface area (Å²) in [7, 11) is 0. The fourth-order valence-electron chi connectivity index (χ4n) is 1.73. The molecule has 2 nitrogen and oxygen atoms in total. The molecule has 0 unspecified atom stereocenters. The Kier molecular flexibility index (Phi) is 4.29. The maximum Gasteiger partial charge on any atom is 0.123 e. The summed E-state index contributed by atoms with van der Waals surface area (Å²) in [6.45, 7) is 4.18. The molecule has 0 amide bonds. The van der Waals surface area contributed by atoms with Crippen LogP contribution in [-0.4, -0.2) is 10.2 Å². The molecule has 0 atom stereocenters. The summed E-state index contributed by atoms with van der Waals surface area (Å²) in [4.78, 5) is 0. The van der Waals surface area contributed by atoms with Crippen LogP contribution >= 0.6 is 0 Å². The molecule has 98 valence electrons. The number of nitrogens with zero attached hydrogens (tertiary/aromatic N) is 1. The van der Waals surface area contributed by atoms with Gasteiger partial charge >= 0.3 is 0 Å². The Hall–Kier alpha value is -2.16. The molecule has 0 radical (unpaired) electrons. The van der Waals surface area contributed by atoms with Gasteiger partial charge in [-0.3, -0.25) is 5.10 Å². The van der Waals surface area contributed by atoms with Crippen molar-refractivity contribution in [3.63, 3.8) is 0 Å². The Morgan fingerprint density at radius 3 is 2.32 bits per heavy atom. The highest BCUT2D eigenvalue weighted by Gasteiger charge is 1.96. The number of para-hydroxylation sites is 1. The quantitative estimate of drug-likeness (QED) is 0.681. The predicted octanol–water partition coefficient (Wildman–Crippen LogP) is 4.51. The zero-order valence-electron chi connectivity index (χ0n) is 11.1. The van der Waals surface area contributed by atoms with Crippen molar-refractivity contribution in [3.05, 3.63) is 66.1 Å². The first-order valence-corrected chi connectivity index (χ1v) is 6.30. The lowest BCUT2D eigenvalue weighted by molar-refractivity contribution is 0.626. The van der Waals surface area contributed by atoms with Gasteiger partial charge < -0.3 is 0 Å². The molecule has 0 fully saturated rings. The Bertz CT molecular complexity index is 596. The fraction of sp³-hybridized carbons (Fsp3) is 0.188. The van der Waals surface area contributed by atoms with Crippen LogP contribution in [0, 0.1) is 5.82 Å². The minimum absolute atomic E-state index is 0.163. The van der Waals surface area contributed by atoms with E-state index in [2.05, 4.69) is 24.0 Å². The Morgan fingerprint density at radius 2 is 1.68 bits per heavy atom. The highest BCUT2D eigenvalue weighted by molar-refractivity contribution is 5.77. The smallest absolute Gasteiger partial charge is 0.123 e. The standard InChI is InChI=1S/C9H11F.C7H6N2/c1-7(2)8-3-5-9(10)6-4-8;1-2-4-7-6(3-1)5-8-9-7/h3-7H,1-2H3;1-5H,(H,8,9). The molecule has 0 aliphatic heterocycles. The van der Waals surface area contributed by atoms with Gasteiger partial charge in [0, 0.05) is 5.39 Å². The lowest BCUT2D eigenvalue weighted by Gasteiger charge is -2.02. The van der Waals surface area contributed by atoms with E-state index in [1.165, 1.54) is 17.7 Å². The number of hydrogen-bond acceptors (Lipinski definition) is 1. The summed E-state index contributed by atoms with van der Waals surface area (Å²) < 4.78 is 12.4. The van der Waals surface area contributed by atoms with Crippen LogP contribution in [0.15, 0.2) is 54.7 Å². The molecule has 2 aromatic carbocycles. The fourth-order valence-corrected chi connectivity index (χ4v) is 1.73. The van der Waals surface area contributed by atoms with Gasteiger partial charge in [0.2, 0.25) is 0 Å². The van der Waals surface area contributed by atoms with Crippen molar-refractivity contribution < 1.29 is 4.39 Å². The first-order valence-electron chi connectivity index (χ1n) is 6.30. The van der Waals surface area contributed by atoms with Crippen LogP contribution in [0.2, 0.25) is 0 Å². The molecule has 0 spiro atoms. The van der Waals surface area contributed by atoms with Crippen molar-refractivity contribution in [1.29, 1.82) is 0 Å². The first kappa shape index (κ1) is 13.3. The molecule has 1 heterocycles. The molecule has 3 aromatic rings. The molecule has 0 saturated carbocycles. The van der Waals surface area contributed by atoms with Gasteiger partial charge in [-0.05, 0) is 29.7 Å². The maximum absolute atomic E-state index is 12.4. The molecular formula is C16H17FN2. The van der Waals surface area contributed by atoms with Gasteiger partial charge in [-0.15, -0.1) is 0 Å². The third kappa shape index (κ3) is 3.65. The zero-order valence-corrected chi connectivity index (χ0v) is 11.1. The van der Waals surface area contributed by atoms with Crippen LogP contribution in [0.25, 0.3) is 10.9 Å². The average Bonchev–Trinajstić information content (AvgIpc) is 2.88. The second kappa shape index (κ2) is 6.14. The lowest BCUT2D eigenvalue weighted by atomic mass is 10.0. The van der Waals surface area contributed by atoms with E-state index in [0.29, 0.717) is 5.92 Å². The van der Waals surface area contributed by atoms with E-state index in [9.17, 15) is 4.39 Å². The second-order valence-corrected chi connectivity index (χ2v) is 4.66. The number of halogens is 1. The number of nitrogens with one attached hydrogen (secondary N) is 1. The van der Waals surface area contributed by atoms with E-state index in [4.69, 9.17) is 0 Å². The summed E-state index contributed by atoms with van der Waals surface area (Å²) in [5, 5.41) is 7.91. The van der Waals surface area contributed by atoms with Crippen molar-refractivity contribution in [3.8, 4) is 0 Å². The van der Waals surface area contributed by atoms with E-state index in [-0.39, 0.29) is 5.82 Å². The summed E-state index contributed by atoms with van der Waals surface area (Å²) in [6, 6.07) is 14.6. The van der Waals surface area contributed by atoms with Crippen molar-refractivity contribution >= 4 is 10.9 Å². The SMILES string of the molecule is CC(C)c1ccc(F)cc1.c1ccc2[nH]ncc2c1. The third-order valence-corrected chi connectivity index (χ3v) is 2.89. The molecule has 19 heavy (non-hydrogen) atoms. The van der Waals surface area contributed by atoms with E-state index < -0.39 is 0 Å². The van der Waals surface area contributed by atoms with E-state index in [1.54, 1.807) is 0 Å². The van der Waals surface area contributed by atoms with Gasteiger partial charge in [-0.25, -0.2) is 4.39 Å². The summed E-state index contributed by atoms with van der Waals surface area (Å²) in [6.07, 6.45) is 1.81. The van der Waals surface area contributed by atoms with Crippen molar-refractivity contribution in [2.45, 2.75) is 19.8 Å². The number of H-pyrrole nitrogens is 1. The van der Waals surface area contributed by atoms with Crippen LogP contribution in [0.4, 0.5) is 4.39 Å². The predicted molar refractivity (Wildman–Crippen MR) is 76.6 cm³/mol. The average molecular weight is 256 g/mol. The molecular weight excluding hydrogens is 239 g/mol. The van der Waals surface area contributed by atoms with Crippen molar-refractivity contribution in [2.24, 2.45) is 0 Å². The van der Waals surface area contributed by atoms with Crippen LogP contribution < -0.4 is 0 Å². The number of benzene rings is 2. The molecule has 0 aliphatic rings. The second-order valence-electron chi connectivity index (χ2n) is 4.66. The summed E-state index contributed by atoms with van der Waals surface area (Å²) in [5.41, 5.74) is 2.28. The van der Waals surface area contributed by atoms with E-state index in [0.717, 1.165) is 10.9 Å². The molecule has 0 saturated heterocycles. The molecule has 1 aromatic heterocycles. The highest BCUT2D eigenvalue weighted by Crippen LogP contribution is 2.13. The highest BCUT2D eigenvalue weighted by atomic mass is 19.1. The van der Waals surface area contributed by atoms with Crippen LogP contribution in [0.3, 0.4) is 0 Å². The topological polar surface area (TPSA) is 28.7 Å². The van der Waals surface area contributed by atoms with Gasteiger partial charge in [-0.2, -0.15) is 5.10 Å². The third-order valence-electron chi connectivity index (χ3n) is 2.89. The van der Waals surface area contributed by atoms with E-state index >= 15 is 0 Å². The largest absolute Gasteiger partial charge is 0.278 e. The number of rotatable bonds is 1. The minimum Gasteiger partial charge on any atom is -0.278 e. The normalized spacial score (nSPS) is 10.3. The first-order chi connectivity index (χ1) is 9.16. The number of hydrogen-bond donors (Lipinski definition) is 1. The Morgan fingerprint density at radius 1 is 1.00 bits per heavy atom. The summed E-state index contributed by atoms with van der Waals surface area (Å²) >= 11 is 0. The zero-order chi connectivity index (χ0) is 13.7. The van der Waals surface area contributed by atoms with Gasteiger partial charge in [-0.1, -0.05) is 44.2 Å². The maximum atomic E-state index is 12.4. The lowest BCUT2D eigenvalue weighted by Crippen LogP contribution is -1.85. The summed E-state index contributed by atoms with van der Waals surface area (Å²) in [5.74, 6) is 0.324. The van der Waals surface area contributed by atoms with Gasteiger partial charge in [0.05, 0.1) is 11.7 Å². The van der Waals surface area contributed by atoms with Crippen LogP contribution in [0.1, 0.15) is 25.3 Å². The minimum atomic E-state index is -0.163. The Balaban J connectivity index is 0.000000141. The monoisotopic (exact) mass is 256 g/mol. The number of aromatic amines is 1. The van der Waals surface area contributed by atoms with Crippen LogP contribution in [-0.2, 0) is 0 Å². The van der Waals surface area contributed by atoms with Crippen molar-refractivity contribution in [2.75, 3.05) is 0 Å². The molecule has 3 rings (SSSR count). The number of fused-ring (bicyclic) bond motifs is 1. The van der Waals surface area contributed by atoms with E-state index in [1.807, 2.05) is 42.6 Å². The Labute approximate surface area is 112 Å². The van der Waals surface area contributed by atoms with Crippen LogP contribution in [0.5, 0.6) is 0 Å². The van der Waals surface area contributed by atoms with Gasteiger partial charge in [0.25, 0.3) is 0 Å². The molecule has 0 bridgehead atoms. The molecule has 1 N–H and O–H groups in total. The molecule has 3 heteroatoms. The molecule has 0 aliphatic carbocycles.